The highest BCUT2D eigenvalue weighted by molar-refractivity contribution is 7.08. The van der Waals surface area contributed by atoms with Crippen LogP contribution in [0.25, 0.3) is 22.3 Å². The van der Waals surface area contributed by atoms with Crippen LogP contribution in [-0.2, 0) is 6.54 Å². The average molecular weight is 395 g/mol. The second-order valence-corrected chi connectivity index (χ2v) is 7.31. The number of ether oxygens (including phenoxy) is 1. The molecule has 8 heteroatoms. The van der Waals surface area contributed by atoms with E-state index in [-0.39, 0.29) is 0 Å². The van der Waals surface area contributed by atoms with Crippen LogP contribution < -0.4 is 10.1 Å². The van der Waals surface area contributed by atoms with Crippen molar-refractivity contribution in [1.82, 2.24) is 24.7 Å². The summed E-state index contributed by atoms with van der Waals surface area (Å²) in [6.45, 7) is 5.77. The highest BCUT2D eigenvalue weighted by Crippen LogP contribution is 2.30. The van der Waals surface area contributed by atoms with Crippen molar-refractivity contribution in [3.05, 3.63) is 47.2 Å². The molecule has 144 valence electrons. The number of methoxy groups -OCH3 is 1. The number of nitrogens with one attached hydrogen (secondary N) is 1. The van der Waals surface area contributed by atoms with Gasteiger partial charge < -0.3 is 10.1 Å². The summed E-state index contributed by atoms with van der Waals surface area (Å²) in [5.74, 6) is 2.03. The molecule has 4 rings (SSSR count). The summed E-state index contributed by atoms with van der Waals surface area (Å²) in [6.07, 6.45) is 5.25. The van der Waals surface area contributed by atoms with Crippen molar-refractivity contribution < 1.29 is 4.74 Å². The first-order valence-electron chi connectivity index (χ1n) is 9.17. The summed E-state index contributed by atoms with van der Waals surface area (Å²) in [5.41, 5.74) is 3.87. The molecule has 1 atom stereocenters. The number of aromatic nitrogens is 5. The topological polar surface area (TPSA) is 77.8 Å². The molecular weight excluding hydrogens is 372 g/mol. The zero-order chi connectivity index (χ0) is 19.5. The number of fused-ring (bicyclic) bond motifs is 1. The number of anilines is 1. The maximum absolute atomic E-state index is 5.42. The van der Waals surface area contributed by atoms with E-state index in [1.54, 1.807) is 24.8 Å². The summed E-state index contributed by atoms with van der Waals surface area (Å²) in [6, 6.07) is 4.01. The molecule has 0 aliphatic rings. The average Bonchev–Trinajstić information content (AvgIpc) is 3.38. The molecule has 0 saturated heterocycles. The first kappa shape index (κ1) is 18.4. The fourth-order valence-electron chi connectivity index (χ4n) is 3.14. The molecule has 0 radical (unpaired) electrons. The Morgan fingerprint density at radius 1 is 1.18 bits per heavy atom. The monoisotopic (exact) mass is 394 g/mol. The smallest absolute Gasteiger partial charge is 0.157 e. The third kappa shape index (κ3) is 3.55. The van der Waals surface area contributed by atoms with Gasteiger partial charge in [0.1, 0.15) is 17.9 Å². The molecule has 1 N–H and O–H groups in total. The van der Waals surface area contributed by atoms with Crippen molar-refractivity contribution in [2.75, 3.05) is 19.0 Å². The van der Waals surface area contributed by atoms with Crippen molar-refractivity contribution in [3.8, 4) is 17.0 Å². The van der Waals surface area contributed by atoms with E-state index in [4.69, 9.17) is 4.74 Å². The SMILES string of the molecule is CCn1ncc2cc(-c3cc(NCC(C)c4cscc4OC)ncn3)cnc21. The molecule has 0 aliphatic carbocycles. The summed E-state index contributed by atoms with van der Waals surface area (Å²) < 4.78 is 7.30. The normalized spacial score (nSPS) is 12.2. The van der Waals surface area contributed by atoms with Crippen LogP contribution in [0.3, 0.4) is 0 Å². The van der Waals surface area contributed by atoms with E-state index >= 15 is 0 Å². The lowest BCUT2D eigenvalue weighted by Crippen LogP contribution is -2.11. The Hall–Kier alpha value is -3.00. The van der Waals surface area contributed by atoms with Crippen LogP contribution >= 0.6 is 11.3 Å². The number of thiophene rings is 1. The maximum atomic E-state index is 5.42. The number of rotatable bonds is 7. The van der Waals surface area contributed by atoms with Gasteiger partial charge in [-0.25, -0.2) is 19.6 Å². The molecule has 7 nitrogen and oxygen atoms in total. The lowest BCUT2D eigenvalue weighted by molar-refractivity contribution is 0.409. The zero-order valence-corrected chi connectivity index (χ0v) is 16.9. The first-order chi connectivity index (χ1) is 13.7. The predicted octanol–water partition coefficient (Wildman–Crippen LogP) is 4.19. The standard InChI is InChI=1S/C20H22N6OS/c1-4-26-20-15(9-25-26)5-14(8-22-20)17-6-19(24-12-23-17)21-7-13(2)16-10-28-11-18(16)27-3/h5-6,8-13H,4,7H2,1-3H3,(H,21,23,24). The molecule has 0 fully saturated rings. The second kappa shape index (κ2) is 7.93. The molecule has 0 saturated carbocycles. The lowest BCUT2D eigenvalue weighted by atomic mass is 10.0. The van der Waals surface area contributed by atoms with E-state index < -0.39 is 0 Å². The Labute approximate surface area is 167 Å². The highest BCUT2D eigenvalue weighted by atomic mass is 32.1. The molecule has 28 heavy (non-hydrogen) atoms. The summed E-state index contributed by atoms with van der Waals surface area (Å²) in [7, 11) is 1.71. The van der Waals surface area contributed by atoms with Crippen LogP contribution in [0.15, 0.2) is 41.6 Å². The summed E-state index contributed by atoms with van der Waals surface area (Å²) in [4.78, 5) is 13.3. The number of aryl methyl sites for hydroxylation is 1. The van der Waals surface area contributed by atoms with E-state index in [2.05, 4.69) is 50.7 Å². The number of hydrogen-bond donors (Lipinski definition) is 1. The third-order valence-electron chi connectivity index (χ3n) is 4.73. The third-order valence-corrected chi connectivity index (χ3v) is 5.47. The summed E-state index contributed by atoms with van der Waals surface area (Å²) in [5, 5.41) is 12.9. The molecular formula is C20H22N6OS. The maximum Gasteiger partial charge on any atom is 0.157 e. The van der Waals surface area contributed by atoms with Crippen molar-refractivity contribution in [2.24, 2.45) is 0 Å². The molecule has 0 aromatic carbocycles. The van der Waals surface area contributed by atoms with Crippen molar-refractivity contribution >= 4 is 28.2 Å². The minimum absolute atomic E-state index is 0.303. The van der Waals surface area contributed by atoms with Gasteiger partial charge >= 0.3 is 0 Å². The van der Waals surface area contributed by atoms with Gasteiger partial charge in [0.05, 0.1) is 19.0 Å². The van der Waals surface area contributed by atoms with Crippen molar-refractivity contribution in [1.29, 1.82) is 0 Å². The van der Waals surface area contributed by atoms with E-state index in [1.165, 1.54) is 5.56 Å². The molecule has 4 heterocycles. The van der Waals surface area contributed by atoms with Crippen LogP contribution in [0, 0.1) is 0 Å². The van der Waals surface area contributed by atoms with Crippen LogP contribution in [-0.4, -0.2) is 38.4 Å². The van der Waals surface area contributed by atoms with Gasteiger partial charge in [0.15, 0.2) is 5.65 Å². The van der Waals surface area contributed by atoms with E-state index in [0.29, 0.717) is 5.92 Å². The Morgan fingerprint density at radius 2 is 2.07 bits per heavy atom. The molecule has 4 aromatic heterocycles. The fraction of sp³-hybridized carbons (Fsp3) is 0.300. The van der Waals surface area contributed by atoms with Crippen LogP contribution in [0.1, 0.15) is 25.3 Å². The van der Waals surface area contributed by atoms with Gasteiger partial charge in [-0.15, -0.1) is 11.3 Å². The quantitative estimate of drug-likeness (QED) is 0.506. The van der Waals surface area contributed by atoms with E-state index in [9.17, 15) is 0 Å². The Balaban J connectivity index is 1.51. The van der Waals surface area contributed by atoms with E-state index in [0.717, 1.165) is 46.9 Å². The molecule has 1 unspecified atom stereocenters. The largest absolute Gasteiger partial charge is 0.496 e. The van der Waals surface area contributed by atoms with Gasteiger partial charge in [0, 0.05) is 53.2 Å². The second-order valence-electron chi connectivity index (χ2n) is 6.56. The zero-order valence-electron chi connectivity index (χ0n) is 16.1. The van der Waals surface area contributed by atoms with Gasteiger partial charge in [0.2, 0.25) is 0 Å². The Bertz CT molecular complexity index is 1090. The Kier molecular flexibility index (Phi) is 5.21. The van der Waals surface area contributed by atoms with Gasteiger partial charge in [-0.3, -0.25) is 0 Å². The van der Waals surface area contributed by atoms with Crippen LogP contribution in [0.2, 0.25) is 0 Å². The van der Waals surface area contributed by atoms with Gasteiger partial charge in [-0.2, -0.15) is 5.10 Å². The minimum Gasteiger partial charge on any atom is -0.496 e. The van der Waals surface area contributed by atoms with Crippen molar-refractivity contribution in [3.63, 3.8) is 0 Å². The van der Waals surface area contributed by atoms with Gasteiger partial charge in [-0.05, 0) is 18.4 Å². The lowest BCUT2D eigenvalue weighted by Gasteiger charge is -2.14. The van der Waals surface area contributed by atoms with E-state index in [1.807, 2.05) is 28.5 Å². The fourth-order valence-corrected chi connectivity index (χ4v) is 4.06. The highest BCUT2D eigenvalue weighted by Gasteiger charge is 2.13. The predicted molar refractivity (Wildman–Crippen MR) is 112 cm³/mol. The van der Waals surface area contributed by atoms with Crippen LogP contribution in [0.5, 0.6) is 5.75 Å². The molecule has 4 aromatic rings. The number of pyridine rings is 1. The number of hydrogen-bond acceptors (Lipinski definition) is 7. The minimum atomic E-state index is 0.303. The molecule has 0 aliphatic heterocycles. The van der Waals surface area contributed by atoms with Gasteiger partial charge in [-0.1, -0.05) is 6.92 Å². The van der Waals surface area contributed by atoms with Crippen molar-refractivity contribution in [2.45, 2.75) is 26.3 Å². The number of nitrogens with zero attached hydrogens (tertiary/aromatic N) is 5. The van der Waals surface area contributed by atoms with Gasteiger partial charge in [0.25, 0.3) is 0 Å². The Morgan fingerprint density at radius 3 is 2.89 bits per heavy atom. The molecule has 0 spiro atoms. The molecule has 0 amide bonds. The molecule has 0 bridgehead atoms. The summed E-state index contributed by atoms with van der Waals surface area (Å²) >= 11 is 1.65. The van der Waals surface area contributed by atoms with Crippen LogP contribution in [0.4, 0.5) is 5.82 Å². The first-order valence-corrected chi connectivity index (χ1v) is 10.1.